The predicted molar refractivity (Wildman–Crippen MR) is 197 cm³/mol. The lowest BCUT2D eigenvalue weighted by Crippen LogP contribution is -2.15. The van der Waals surface area contributed by atoms with Gasteiger partial charge in [0.2, 0.25) is 0 Å². The Morgan fingerprint density at radius 1 is 0.956 bits per heavy atom. The first kappa shape index (κ1) is 43.3. The molecule has 0 spiro atoms. The van der Waals surface area contributed by atoms with E-state index in [4.69, 9.17) is 9.47 Å². The molecular weight excluding hydrogens is 554 g/mol. The summed E-state index contributed by atoms with van der Waals surface area (Å²) in [5, 5.41) is 9.84. The fourth-order valence-corrected chi connectivity index (χ4v) is 4.20. The summed E-state index contributed by atoms with van der Waals surface area (Å²) in [6, 6.07) is 13.6. The van der Waals surface area contributed by atoms with E-state index < -0.39 is 0 Å². The highest BCUT2D eigenvalue weighted by molar-refractivity contribution is 5.95. The Kier molecular flexibility index (Phi) is 23.5. The number of hydrogen-bond acceptors (Lipinski definition) is 4. The van der Waals surface area contributed by atoms with Crippen LogP contribution >= 0.6 is 0 Å². The van der Waals surface area contributed by atoms with E-state index in [0.717, 1.165) is 58.6 Å². The minimum absolute atomic E-state index is 0.00519. The van der Waals surface area contributed by atoms with E-state index in [1.807, 2.05) is 97.0 Å². The minimum atomic E-state index is -0.00519. The molecule has 0 radical (unpaired) electrons. The number of benzene rings is 2. The van der Waals surface area contributed by atoms with Crippen LogP contribution in [0.3, 0.4) is 0 Å². The molecular formula is C41H61NO3. The SMILES string of the molecule is C=C(/C=C(\C)c1ccc(C(C)=O)cc1OC)/C(C)=C(\C=C/C)c1ccc(OC(CC)CCC)c(C#N)c1.CC.CC.CC(C)C. The molecule has 45 heavy (non-hydrogen) atoms. The number of hydrogen-bond donors (Lipinski definition) is 0. The van der Waals surface area contributed by atoms with Gasteiger partial charge in [-0.15, -0.1) is 0 Å². The van der Waals surface area contributed by atoms with Gasteiger partial charge in [-0.2, -0.15) is 5.26 Å². The molecule has 0 saturated heterocycles. The number of Topliss-reactive ketones (excluding diaryl/α,β-unsaturated/α-hetero) is 1. The molecule has 2 aromatic carbocycles. The lowest BCUT2D eigenvalue weighted by Gasteiger charge is -2.19. The van der Waals surface area contributed by atoms with Gasteiger partial charge in [-0.05, 0) is 92.5 Å². The van der Waals surface area contributed by atoms with Crippen LogP contribution in [0, 0.1) is 17.2 Å². The molecule has 0 heterocycles. The Morgan fingerprint density at radius 2 is 1.53 bits per heavy atom. The van der Waals surface area contributed by atoms with Gasteiger partial charge in [0, 0.05) is 11.1 Å². The molecule has 4 nitrogen and oxygen atoms in total. The van der Waals surface area contributed by atoms with E-state index >= 15 is 0 Å². The van der Waals surface area contributed by atoms with E-state index in [2.05, 4.69) is 47.3 Å². The van der Waals surface area contributed by atoms with Crippen LogP contribution in [0.2, 0.25) is 0 Å². The molecule has 248 valence electrons. The third kappa shape index (κ3) is 15.1. The standard InChI is InChI=1S/C33H39NO3.C4H10.2C2H6/c1-9-12-29(11-3)37-32-17-15-27(19-28(32)21-34)31(13-10-2)24(6)22(4)18-23(5)30-16-14-26(25(7)35)20-33(30)36-8;1-4(2)3;2*1-2/h10,13-20,29H,4,9,11-12H2,1-3,5-8H3;4H,1-3H3;2*1-2H3/b13-10-,23-18+,31-24+;;;. The van der Waals surface area contributed by atoms with Gasteiger partial charge in [-0.1, -0.05) is 112 Å². The van der Waals surface area contributed by atoms with E-state index in [9.17, 15) is 10.1 Å². The van der Waals surface area contributed by atoms with Crippen molar-refractivity contribution in [3.8, 4) is 17.6 Å². The van der Waals surface area contributed by atoms with Crippen LogP contribution in [0.25, 0.3) is 11.1 Å². The van der Waals surface area contributed by atoms with Gasteiger partial charge in [0.05, 0.1) is 18.8 Å². The average molecular weight is 616 g/mol. The second-order valence-electron chi connectivity index (χ2n) is 10.9. The number of nitriles is 1. The van der Waals surface area contributed by atoms with Gasteiger partial charge < -0.3 is 9.47 Å². The number of ether oxygens (including phenoxy) is 2. The monoisotopic (exact) mass is 615 g/mol. The van der Waals surface area contributed by atoms with Gasteiger partial charge in [-0.3, -0.25) is 4.79 Å². The zero-order valence-electron chi connectivity index (χ0n) is 30.9. The van der Waals surface area contributed by atoms with Gasteiger partial charge in [0.25, 0.3) is 0 Å². The molecule has 0 aromatic heterocycles. The third-order valence-electron chi connectivity index (χ3n) is 6.41. The maximum atomic E-state index is 11.8. The molecule has 4 heteroatoms. The summed E-state index contributed by atoms with van der Waals surface area (Å²) >= 11 is 0. The number of rotatable bonds is 12. The number of allylic oxidation sites excluding steroid dienone is 7. The predicted octanol–water partition coefficient (Wildman–Crippen LogP) is 12.5. The third-order valence-corrected chi connectivity index (χ3v) is 6.41. The Hall–Kier alpha value is -3.84. The highest BCUT2D eigenvalue weighted by atomic mass is 16.5. The maximum absolute atomic E-state index is 11.8. The van der Waals surface area contributed by atoms with Crippen molar-refractivity contribution in [2.45, 2.75) is 115 Å². The molecule has 0 bridgehead atoms. The lowest BCUT2D eigenvalue weighted by molar-refractivity contribution is 0.101. The first-order valence-electron chi connectivity index (χ1n) is 16.5. The summed E-state index contributed by atoms with van der Waals surface area (Å²) in [6.45, 7) is 30.6. The quantitative estimate of drug-likeness (QED) is 0.176. The Bertz CT molecular complexity index is 1320. The molecule has 1 unspecified atom stereocenters. The summed E-state index contributed by atoms with van der Waals surface area (Å²) < 4.78 is 11.7. The van der Waals surface area contributed by atoms with E-state index in [1.54, 1.807) is 20.1 Å². The summed E-state index contributed by atoms with van der Waals surface area (Å²) in [5.41, 5.74) is 6.76. The summed E-state index contributed by atoms with van der Waals surface area (Å²) in [7, 11) is 1.60. The van der Waals surface area contributed by atoms with Crippen molar-refractivity contribution < 1.29 is 14.3 Å². The lowest BCUT2D eigenvalue weighted by atomic mass is 9.92. The fourth-order valence-electron chi connectivity index (χ4n) is 4.20. The van der Waals surface area contributed by atoms with Gasteiger partial charge in [0.1, 0.15) is 17.6 Å². The van der Waals surface area contributed by atoms with Crippen molar-refractivity contribution in [3.63, 3.8) is 0 Å². The normalized spacial score (nSPS) is 11.8. The number of methoxy groups -OCH3 is 1. The largest absolute Gasteiger partial charge is 0.496 e. The minimum Gasteiger partial charge on any atom is -0.496 e. The van der Waals surface area contributed by atoms with Crippen LogP contribution in [-0.4, -0.2) is 19.0 Å². The summed E-state index contributed by atoms with van der Waals surface area (Å²) in [5.74, 6) is 2.10. The average Bonchev–Trinajstić information content (AvgIpc) is 3.04. The second-order valence-corrected chi connectivity index (χ2v) is 10.9. The van der Waals surface area contributed by atoms with Crippen molar-refractivity contribution >= 4 is 16.9 Å². The van der Waals surface area contributed by atoms with E-state index in [-0.39, 0.29) is 11.9 Å². The van der Waals surface area contributed by atoms with Gasteiger partial charge in [-0.25, -0.2) is 0 Å². The molecule has 0 amide bonds. The van der Waals surface area contributed by atoms with Crippen LogP contribution in [0.1, 0.15) is 136 Å². The Labute approximate surface area is 276 Å². The number of carbonyl (C=O) groups excluding carboxylic acids is 1. The first-order chi connectivity index (χ1) is 21.4. The highest BCUT2D eigenvalue weighted by Gasteiger charge is 2.14. The first-order valence-corrected chi connectivity index (χ1v) is 16.5. The molecule has 1 atom stereocenters. The van der Waals surface area contributed by atoms with Crippen molar-refractivity contribution in [2.75, 3.05) is 7.11 Å². The van der Waals surface area contributed by atoms with Gasteiger partial charge in [0.15, 0.2) is 5.78 Å². The number of ketones is 1. The van der Waals surface area contributed by atoms with Crippen LogP contribution in [0.4, 0.5) is 0 Å². The van der Waals surface area contributed by atoms with Crippen molar-refractivity contribution in [2.24, 2.45) is 5.92 Å². The topological polar surface area (TPSA) is 59.3 Å². The Morgan fingerprint density at radius 3 is 2.00 bits per heavy atom. The number of carbonyl (C=O) groups is 1. The maximum Gasteiger partial charge on any atom is 0.159 e. The van der Waals surface area contributed by atoms with Crippen molar-refractivity contribution in [1.29, 1.82) is 5.26 Å². The molecule has 0 aliphatic rings. The van der Waals surface area contributed by atoms with Crippen molar-refractivity contribution in [3.05, 3.63) is 94.6 Å². The fraction of sp³-hybridized carbons (Fsp3) is 0.463. The molecule has 2 aromatic rings. The van der Waals surface area contributed by atoms with E-state index in [0.29, 0.717) is 22.6 Å². The zero-order chi connectivity index (χ0) is 35.1. The zero-order valence-corrected chi connectivity index (χ0v) is 30.9. The molecule has 0 N–H and O–H groups in total. The van der Waals surface area contributed by atoms with E-state index in [1.165, 1.54) is 0 Å². The number of nitrogens with zero attached hydrogens (tertiary/aromatic N) is 1. The molecule has 2 rings (SSSR count). The van der Waals surface area contributed by atoms with Crippen molar-refractivity contribution in [1.82, 2.24) is 0 Å². The molecule has 0 aliphatic carbocycles. The highest BCUT2D eigenvalue weighted by Crippen LogP contribution is 2.33. The summed E-state index contributed by atoms with van der Waals surface area (Å²) in [4.78, 5) is 11.8. The molecule has 0 saturated carbocycles. The van der Waals surface area contributed by atoms with Crippen LogP contribution in [-0.2, 0) is 0 Å². The molecule has 0 fully saturated rings. The van der Waals surface area contributed by atoms with Crippen LogP contribution in [0.15, 0.2) is 72.4 Å². The van der Waals surface area contributed by atoms with Crippen LogP contribution < -0.4 is 9.47 Å². The Balaban J connectivity index is 0. The smallest absolute Gasteiger partial charge is 0.159 e. The summed E-state index contributed by atoms with van der Waals surface area (Å²) in [6.07, 6.45) is 9.03. The molecule has 0 aliphatic heterocycles. The van der Waals surface area contributed by atoms with Gasteiger partial charge >= 0.3 is 0 Å². The second kappa shape index (κ2) is 24.5. The van der Waals surface area contributed by atoms with Crippen LogP contribution in [0.5, 0.6) is 11.5 Å².